The van der Waals surface area contributed by atoms with E-state index >= 15 is 0 Å². The summed E-state index contributed by atoms with van der Waals surface area (Å²) in [5.74, 6) is 0. The lowest BCUT2D eigenvalue weighted by Crippen LogP contribution is -2.27. The largest absolute Gasteiger partial charge is 0.411 e. The minimum atomic E-state index is -4.27. The number of hydrogen-bond acceptors (Lipinski definition) is 4. The molecule has 0 bridgehead atoms. The minimum absolute atomic E-state index is 0.0725. The second-order valence-corrected chi connectivity index (χ2v) is 5.22. The molecule has 18 heavy (non-hydrogen) atoms. The molecule has 0 spiro atoms. The van der Waals surface area contributed by atoms with Crippen LogP contribution in [0.25, 0.3) is 0 Å². The monoisotopic (exact) mass is 280 g/mol. The molecule has 2 heterocycles. The fraction of sp³-hybridized carbons (Fsp3) is 0.727. The van der Waals surface area contributed by atoms with E-state index in [9.17, 15) is 13.2 Å². The third-order valence-electron chi connectivity index (χ3n) is 2.73. The first-order valence-corrected chi connectivity index (χ1v) is 6.75. The summed E-state index contributed by atoms with van der Waals surface area (Å²) in [6.45, 7) is -0.317. The number of halogens is 3. The van der Waals surface area contributed by atoms with Crippen LogP contribution >= 0.6 is 11.3 Å². The number of hydrogen-bond donors (Lipinski definition) is 1. The van der Waals surface area contributed by atoms with Gasteiger partial charge in [0.05, 0.1) is 18.3 Å². The van der Waals surface area contributed by atoms with Gasteiger partial charge in [-0.1, -0.05) is 6.42 Å². The molecule has 1 atom stereocenters. The molecule has 1 aliphatic heterocycles. The summed E-state index contributed by atoms with van der Waals surface area (Å²) in [7, 11) is 0. The molecule has 1 aromatic heterocycles. The fourth-order valence-corrected chi connectivity index (χ4v) is 2.69. The molecule has 0 saturated carbocycles. The van der Waals surface area contributed by atoms with E-state index in [1.54, 1.807) is 0 Å². The van der Waals surface area contributed by atoms with Crippen LogP contribution in [-0.4, -0.2) is 24.3 Å². The Morgan fingerprint density at radius 3 is 2.94 bits per heavy atom. The third kappa shape index (κ3) is 4.22. The van der Waals surface area contributed by atoms with E-state index in [1.165, 1.54) is 17.8 Å². The van der Waals surface area contributed by atoms with Crippen molar-refractivity contribution in [3.63, 3.8) is 0 Å². The van der Waals surface area contributed by atoms with Crippen LogP contribution in [-0.2, 0) is 11.3 Å². The number of alkyl halides is 3. The molecule has 3 nitrogen and oxygen atoms in total. The molecule has 1 aromatic rings. The van der Waals surface area contributed by atoms with Crippen molar-refractivity contribution in [2.75, 3.05) is 13.2 Å². The molecule has 0 radical (unpaired) electrons. The summed E-state index contributed by atoms with van der Waals surface area (Å²) in [5.41, 5.74) is 0.922. The molecule has 2 rings (SSSR count). The predicted octanol–water partition coefficient (Wildman–Crippen LogP) is 3.04. The zero-order chi connectivity index (χ0) is 13.0. The maximum atomic E-state index is 11.9. The predicted molar refractivity (Wildman–Crippen MR) is 62.4 cm³/mol. The molecule has 1 unspecified atom stereocenters. The van der Waals surface area contributed by atoms with Gasteiger partial charge in [-0.15, -0.1) is 11.3 Å². The maximum Gasteiger partial charge on any atom is 0.411 e. The summed E-state index contributed by atoms with van der Waals surface area (Å²) in [5, 5.41) is 5.85. The average Bonchev–Trinajstić information content (AvgIpc) is 2.77. The molecular weight excluding hydrogens is 265 g/mol. The van der Waals surface area contributed by atoms with Gasteiger partial charge in [-0.2, -0.15) is 13.2 Å². The van der Waals surface area contributed by atoms with Crippen LogP contribution in [0, 0.1) is 0 Å². The highest BCUT2D eigenvalue weighted by Gasteiger charge is 2.27. The Kier molecular flexibility index (Phi) is 4.58. The first-order chi connectivity index (χ1) is 8.54. The Bertz CT molecular complexity index is 375. The molecule has 1 N–H and O–H groups in total. The molecule has 0 amide bonds. The quantitative estimate of drug-likeness (QED) is 0.920. The van der Waals surface area contributed by atoms with E-state index in [0.717, 1.165) is 25.1 Å². The maximum absolute atomic E-state index is 11.9. The highest BCUT2D eigenvalue weighted by atomic mass is 32.1. The van der Waals surface area contributed by atoms with E-state index in [-0.39, 0.29) is 12.6 Å². The summed E-state index contributed by atoms with van der Waals surface area (Å²) >= 11 is 1.35. The van der Waals surface area contributed by atoms with Gasteiger partial charge in [0.25, 0.3) is 0 Å². The van der Waals surface area contributed by atoms with Gasteiger partial charge in [-0.05, 0) is 19.4 Å². The van der Waals surface area contributed by atoms with Gasteiger partial charge in [-0.25, -0.2) is 4.98 Å². The van der Waals surface area contributed by atoms with Gasteiger partial charge < -0.3 is 10.1 Å². The Labute approximate surface area is 107 Å². The summed E-state index contributed by atoms with van der Waals surface area (Å²) in [6, 6.07) is 0.242. The van der Waals surface area contributed by atoms with Crippen LogP contribution in [0.3, 0.4) is 0 Å². The Morgan fingerprint density at radius 1 is 1.44 bits per heavy atom. The van der Waals surface area contributed by atoms with Gasteiger partial charge in [0.15, 0.2) is 0 Å². The second kappa shape index (κ2) is 5.99. The number of ether oxygens (including phenoxy) is 1. The van der Waals surface area contributed by atoms with Gasteiger partial charge in [0.1, 0.15) is 11.6 Å². The summed E-state index contributed by atoms with van der Waals surface area (Å²) < 4.78 is 40.3. The topological polar surface area (TPSA) is 34.1 Å². The lowest BCUT2D eigenvalue weighted by atomic mass is 10.0. The molecule has 1 aliphatic rings. The zero-order valence-corrected chi connectivity index (χ0v) is 10.6. The number of nitrogens with one attached hydrogen (secondary N) is 1. The third-order valence-corrected chi connectivity index (χ3v) is 3.57. The summed E-state index contributed by atoms with van der Waals surface area (Å²) in [4.78, 5) is 4.32. The van der Waals surface area contributed by atoms with E-state index in [1.807, 2.05) is 5.38 Å². The van der Waals surface area contributed by atoms with Crippen molar-refractivity contribution in [2.45, 2.75) is 38.1 Å². The summed E-state index contributed by atoms with van der Waals surface area (Å²) in [6.07, 6.45) is -0.908. The molecule has 102 valence electrons. The highest BCUT2D eigenvalue weighted by Crippen LogP contribution is 2.25. The molecule has 0 aliphatic carbocycles. The van der Waals surface area contributed by atoms with Gasteiger partial charge in [0.2, 0.25) is 0 Å². The van der Waals surface area contributed by atoms with E-state index in [0.29, 0.717) is 5.01 Å². The number of nitrogens with zero attached hydrogens (tertiary/aromatic N) is 1. The fourth-order valence-electron chi connectivity index (χ4n) is 1.91. The van der Waals surface area contributed by atoms with Crippen LogP contribution in [0.1, 0.15) is 36.0 Å². The van der Waals surface area contributed by atoms with E-state index in [4.69, 9.17) is 0 Å². The Morgan fingerprint density at radius 2 is 2.28 bits per heavy atom. The Balaban J connectivity index is 1.82. The lowest BCUT2D eigenvalue weighted by molar-refractivity contribution is -0.176. The molecule has 0 aromatic carbocycles. The first kappa shape index (κ1) is 13.8. The van der Waals surface area contributed by atoms with Crippen molar-refractivity contribution in [1.29, 1.82) is 0 Å². The smallest absolute Gasteiger partial charge is 0.365 e. The van der Waals surface area contributed by atoms with Gasteiger partial charge >= 0.3 is 6.18 Å². The number of rotatable bonds is 4. The molecular formula is C11H15F3N2OS. The van der Waals surface area contributed by atoms with Gasteiger partial charge in [-0.3, -0.25) is 0 Å². The van der Waals surface area contributed by atoms with E-state index in [2.05, 4.69) is 15.0 Å². The van der Waals surface area contributed by atoms with Crippen molar-refractivity contribution in [2.24, 2.45) is 0 Å². The van der Waals surface area contributed by atoms with Crippen molar-refractivity contribution in [1.82, 2.24) is 10.3 Å². The van der Waals surface area contributed by atoms with Crippen molar-refractivity contribution < 1.29 is 17.9 Å². The van der Waals surface area contributed by atoms with Crippen LogP contribution in [0.15, 0.2) is 5.38 Å². The first-order valence-electron chi connectivity index (χ1n) is 5.87. The molecule has 1 fully saturated rings. The van der Waals surface area contributed by atoms with Crippen LogP contribution in [0.5, 0.6) is 0 Å². The van der Waals surface area contributed by atoms with Crippen molar-refractivity contribution >= 4 is 11.3 Å². The van der Waals surface area contributed by atoms with Crippen LogP contribution < -0.4 is 5.32 Å². The highest BCUT2D eigenvalue weighted by molar-refractivity contribution is 7.09. The molecule has 1 saturated heterocycles. The Hall–Kier alpha value is -0.660. The van der Waals surface area contributed by atoms with Crippen molar-refractivity contribution in [3.8, 4) is 0 Å². The molecule has 7 heteroatoms. The zero-order valence-electron chi connectivity index (χ0n) is 9.79. The van der Waals surface area contributed by atoms with Crippen LogP contribution in [0.2, 0.25) is 0 Å². The SMILES string of the molecule is FC(F)(F)COCc1nc(C2CCCCN2)cs1. The van der Waals surface area contributed by atoms with Crippen LogP contribution in [0.4, 0.5) is 13.2 Å². The normalized spacial score (nSPS) is 21.2. The van der Waals surface area contributed by atoms with Gasteiger partial charge in [0, 0.05) is 5.38 Å². The average molecular weight is 280 g/mol. The number of aromatic nitrogens is 1. The van der Waals surface area contributed by atoms with Crippen molar-refractivity contribution in [3.05, 3.63) is 16.1 Å². The minimum Gasteiger partial charge on any atom is -0.365 e. The second-order valence-electron chi connectivity index (χ2n) is 4.28. The standard InChI is InChI=1S/C11H15F3N2OS/c12-11(13,14)7-17-5-10-16-9(6-18-10)8-3-1-2-4-15-8/h6,8,15H,1-5,7H2. The number of piperidine rings is 1. The number of thiazole rings is 1. The van der Waals surface area contributed by atoms with E-state index < -0.39 is 12.8 Å². The lowest BCUT2D eigenvalue weighted by Gasteiger charge is -2.21.